The van der Waals surface area contributed by atoms with E-state index in [1.54, 1.807) is 0 Å². The van der Waals surface area contributed by atoms with E-state index in [-0.39, 0.29) is 10.5 Å². The van der Waals surface area contributed by atoms with E-state index in [4.69, 9.17) is 12.2 Å². The quantitative estimate of drug-likeness (QED) is 0.773. The second-order valence-corrected chi connectivity index (χ2v) is 3.63. The van der Waals surface area contributed by atoms with E-state index >= 15 is 0 Å². The summed E-state index contributed by atoms with van der Waals surface area (Å²) >= 11 is 4.82. The minimum absolute atomic E-state index is 0.0924. The molecule has 90 valence electrons. The van der Waals surface area contributed by atoms with Gasteiger partial charge in [0.15, 0.2) is 0 Å². The molecule has 8 heteroatoms. The first-order valence-corrected chi connectivity index (χ1v) is 4.88. The lowest BCUT2D eigenvalue weighted by atomic mass is 10.2. The average molecular weight is 261 g/mol. The fraction of sp³-hybridized carbons (Fsp3) is 0.111. The highest BCUT2D eigenvalue weighted by Crippen LogP contribution is 2.29. The molecule has 0 aliphatic heterocycles. The van der Waals surface area contributed by atoms with E-state index in [0.29, 0.717) is 0 Å². The van der Waals surface area contributed by atoms with Gasteiger partial charge < -0.3 is 0 Å². The van der Waals surface area contributed by atoms with E-state index in [1.165, 1.54) is 12.1 Å². The molecule has 4 nitrogen and oxygen atoms in total. The lowest BCUT2D eigenvalue weighted by Gasteiger charge is -2.07. The average Bonchev–Trinajstić information content (AvgIpc) is 2.58. The standard InChI is InChI=1S/C9H6F3N3OS/c10-9(11,12)5-1-3-6(4-2-5)15-7(16)13-14-8(15)17/h1-4H,(H,13,16)(H,14,17). The molecule has 0 fully saturated rings. The Morgan fingerprint density at radius 1 is 1.12 bits per heavy atom. The number of nitrogens with zero attached hydrogens (tertiary/aromatic N) is 1. The Kier molecular flexibility index (Phi) is 2.66. The number of hydrogen-bond donors (Lipinski definition) is 2. The topological polar surface area (TPSA) is 53.6 Å². The number of alkyl halides is 3. The normalized spacial score (nSPS) is 11.7. The molecule has 0 bridgehead atoms. The minimum atomic E-state index is -4.40. The lowest BCUT2D eigenvalue weighted by molar-refractivity contribution is -0.137. The fourth-order valence-electron chi connectivity index (χ4n) is 1.34. The van der Waals surface area contributed by atoms with Gasteiger partial charge >= 0.3 is 11.9 Å². The van der Waals surface area contributed by atoms with Crippen LogP contribution in [-0.4, -0.2) is 14.8 Å². The van der Waals surface area contributed by atoms with Crippen LogP contribution in [0.4, 0.5) is 13.2 Å². The van der Waals surface area contributed by atoms with Crippen molar-refractivity contribution in [3.8, 4) is 5.69 Å². The SMILES string of the molecule is O=c1[nH][nH]c(=S)n1-c1ccc(C(F)(F)F)cc1. The van der Waals surface area contributed by atoms with Gasteiger partial charge in [0.25, 0.3) is 0 Å². The van der Waals surface area contributed by atoms with Crippen LogP contribution < -0.4 is 5.69 Å². The van der Waals surface area contributed by atoms with Gasteiger partial charge in [-0.2, -0.15) is 13.2 Å². The van der Waals surface area contributed by atoms with Crippen LogP contribution in [0.1, 0.15) is 5.56 Å². The second kappa shape index (κ2) is 3.88. The molecule has 0 aliphatic carbocycles. The van der Waals surface area contributed by atoms with Crippen molar-refractivity contribution >= 4 is 12.2 Å². The van der Waals surface area contributed by atoms with Gasteiger partial charge in [-0.25, -0.2) is 14.5 Å². The van der Waals surface area contributed by atoms with Crippen molar-refractivity contribution in [3.63, 3.8) is 0 Å². The third-order valence-corrected chi connectivity index (χ3v) is 2.42. The van der Waals surface area contributed by atoms with Crippen LogP contribution in [0.2, 0.25) is 0 Å². The zero-order chi connectivity index (χ0) is 12.6. The van der Waals surface area contributed by atoms with Crippen molar-refractivity contribution < 1.29 is 13.2 Å². The predicted octanol–water partition coefficient (Wildman–Crippen LogP) is 2.24. The summed E-state index contributed by atoms with van der Waals surface area (Å²) in [6, 6.07) is 4.15. The number of nitrogens with one attached hydrogen (secondary N) is 2. The molecule has 17 heavy (non-hydrogen) atoms. The van der Waals surface area contributed by atoms with Crippen molar-refractivity contribution in [1.82, 2.24) is 14.8 Å². The molecule has 2 N–H and O–H groups in total. The number of rotatable bonds is 1. The number of aromatic nitrogens is 3. The number of hydrogen-bond acceptors (Lipinski definition) is 2. The van der Waals surface area contributed by atoms with Crippen molar-refractivity contribution in [2.24, 2.45) is 0 Å². The summed E-state index contributed by atoms with van der Waals surface area (Å²) in [6.07, 6.45) is -4.40. The Labute approximate surface area is 97.7 Å². The van der Waals surface area contributed by atoms with Crippen LogP contribution in [0, 0.1) is 4.77 Å². The van der Waals surface area contributed by atoms with Gasteiger partial charge in [-0.1, -0.05) is 0 Å². The molecule has 0 spiro atoms. The highest BCUT2D eigenvalue weighted by molar-refractivity contribution is 7.71. The number of benzene rings is 1. The van der Waals surface area contributed by atoms with Crippen LogP contribution in [0.15, 0.2) is 29.1 Å². The maximum absolute atomic E-state index is 12.3. The maximum atomic E-state index is 12.3. The fourth-order valence-corrected chi connectivity index (χ4v) is 1.58. The van der Waals surface area contributed by atoms with Crippen LogP contribution in [0.25, 0.3) is 5.69 Å². The zero-order valence-corrected chi connectivity index (χ0v) is 9.02. The largest absolute Gasteiger partial charge is 0.416 e. The van der Waals surface area contributed by atoms with Gasteiger partial charge in [0.1, 0.15) is 0 Å². The van der Waals surface area contributed by atoms with Crippen molar-refractivity contribution in [1.29, 1.82) is 0 Å². The van der Waals surface area contributed by atoms with Gasteiger partial charge in [0, 0.05) is 0 Å². The molecule has 0 saturated carbocycles. The van der Waals surface area contributed by atoms with Crippen LogP contribution >= 0.6 is 12.2 Å². The van der Waals surface area contributed by atoms with E-state index in [9.17, 15) is 18.0 Å². The second-order valence-electron chi connectivity index (χ2n) is 3.24. The third kappa shape index (κ3) is 2.16. The van der Waals surface area contributed by atoms with E-state index in [0.717, 1.165) is 16.7 Å². The first kappa shape index (κ1) is 11.6. The van der Waals surface area contributed by atoms with Gasteiger partial charge in [-0.15, -0.1) is 0 Å². The smallest absolute Gasteiger partial charge is 0.272 e. The third-order valence-electron chi connectivity index (χ3n) is 2.14. The number of H-pyrrole nitrogens is 2. The summed E-state index contributed by atoms with van der Waals surface area (Å²) in [7, 11) is 0. The Morgan fingerprint density at radius 3 is 2.12 bits per heavy atom. The molecule has 1 aromatic heterocycles. The molecule has 0 radical (unpaired) electrons. The molecule has 0 atom stereocenters. The van der Waals surface area contributed by atoms with E-state index in [2.05, 4.69) is 10.2 Å². The molecule has 2 aromatic rings. The Balaban J connectivity index is 2.51. The van der Waals surface area contributed by atoms with Crippen LogP contribution in [0.5, 0.6) is 0 Å². The van der Waals surface area contributed by atoms with Gasteiger partial charge in [-0.05, 0) is 36.5 Å². The number of aromatic amines is 2. The number of halogens is 3. The maximum Gasteiger partial charge on any atom is 0.416 e. The van der Waals surface area contributed by atoms with E-state index < -0.39 is 17.4 Å². The van der Waals surface area contributed by atoms with Crippen LogP contribution in [-0.2, 0) is 6.18 Å². The Hall–Kier alpha value is -1.83. The summed E-state index contributed by atoms with van der Waals surface area (Å²) in [5, 5.41) is 4.63. The monoisotopic (exact) mass is 261 g/mol. The molecule has 1 aromatic carbocycles. The molecule has 0 unspecified atom stereocenters. The molecule has 0 saturated heterocycles. The van der Waals surface area contributed by atoms with Gasteiger partial charge in [-0.3, -0.25) is 5.10 Å². The molecular weight excluding hydrogens is 255 g/mol. The molecule has 2 rings (SSSR count). The van der Waals surface area contributed by atoms with E-state index in [1.807, 2.05) is 0 Å². The van der Waals surface area contributed by atoms with Crippen molar-refractivity contribution in [2.75, 3.05) is 0 Å². The summed E-state index contributed by atoms with van der Waals surface area (Å²) in [6.45, 7) is 0. The molecular formula is C9H6F3N3OS. The Bertz CT molecular complexity index is 607. The van der Waals surface area contributed by atoms with Crippen molar-refractivity contribution in [2.45, 2.75) is 6.18 Å². The first-order valence-electron chi connectivity index (χ1n) is 4.47. The highest BCUT2D eigenvalue weighted by atomic mass is 32.1. The molecule has 0 aliphatic rings. The summed E-state index contributed by atoms with van der Waals surface area (Å²) in [4.78, 5) is 11.3. The molecule has 0 amide bonds. The zero-order valence-electron chi connectivity index (χ0n) is 8.21. The Morgan fingerprint density at radius 2 is 1.71 bits per heavy atom. The highest BCUT2D eigenvalue weighted by Gasteiger charge is 2.30. The molecule has 1 heterocycles. The van der Waals surface area contributed by atoms with Crippen molar-refractivity contribution in [3.05, 3.63) is 45.1 Å². The summed E-state index contributed by atoms with van der Waals surface area (Å²) in [5.41, 5.74) is -1.04. The minimum Gasteiger partial charge on any atom is -0.272 e. The van der Waals surface area contributed by atoms with Gasteiger partial charge in [0.2, 0.25) is 4.77 Å². The lowest BCUT2D eigenvalue weighted by Crippen LogP contribution is -2.15. The summed E-state index contributed by atoms with van der Waals surface area (Å²) < 4.78 is 38.1. The predicted molar refractivity (Wildman–Crippen MR) is 56.6 cm³/mol. The summed E-state index contributed by atoms with van der Waals surface area (Å²) in [5.74, 6) is 0. The van der Waals surface area contributed by atoms with Gasteiger partial charge in [0.05, 0.1) is 11.3 Å². The first-order chi connectivity index (χ1) is 7.89. The van der Waals surface area contributed by atoms with Crippen LogP contribution in [0.3, 0.4) is 0 Å².